The molecule has 0 aromatic carbocycles. The first-order valence-electron chi connectivity index (χ1n) is 3.77. The maximum Gasteiger partial charge on any atom is 1.00 e. The Bertz CT molecular complexity index is 361. The van der Waals surface area contributed by atoms with Crippen LogP contribution in [0.3, 0.4) is 0 Å². The SMILES string of the molecule is COc1ncc([B-](F)(F)F)c(C)c1Br.[K+]. The van der Waals surface area contributed by atoms with Gasteiger partial charge < -0.3 is 17.7 Å². The van der Waals surface area contributed by atoms with E-state index in [1.54, 1.807) is 0 Å². The third-order valence-electron chi connectivity index (χ3n) is 1.82. The van der Waals surface area contributed by atoms with Crippen LogP contribution in [0.2, 0.25) is 0 Å². The first kappa shape index (κ1) is 15.9. The van der Waals surface area contributed by atoms with Gasteiger partial charge in [-0.2, -0.15) is 0 Å². The first-order chi connectivity index (χ1) is 6.38. The van der Waals surface area contributed by atoms with Gasteiger partial charge in [-0.05, 0) is 22.9 Å². The van der Waals surface area contributed by atoms with Crippen molar-refractivity contribution in [2.24, 2.45) is 0 Å². The summed E-state index contributed by atoms with van der Waals surface area (Å²) in [6, 6.07) is 0. The number of ether oxygens (including phenoxy) is 1. The summed E-state index contributed by atoms with van der Waals surface area (Å²) in [5.74, 6) is 0.159. The summed E-state index contributed by atoms with van der Waals surface area (Å²) in [5, 5.41) is 0. The molecule has 0 aliphatic carbocycles. The van der Waals surface area contributed by atoms with Crippen LogP contribution < -0.4 is 61.6 Å². The minimum Gasteiger partial charge on any atom is -0.480 e. The minimum absolute atomic E-state index is 0. The van der Waals surface area contributed by atoms with Gasteiger partial charge >= 0.3 is 58.4 Å². The van der Waals surface area contributed by atoms with E-state index < -0.39 is 12.4 Å². The predicted octanol–water partition coefficient (Wildman–Crippen LogP) is -0.780. The Labute approximate surface area is 137 Å². The van der Waals surface area contributed by atoms with E-state index in [2.05, 4.69) is 20.9 Å². The third-order valence-corrected chi connectivity index (χ3v) is 2.75. The second-order valence-electron chi connectivity index (χ2n) is 2.74. The topological polar surface area (TPSA) is 22.1 Å². The Balaban J connectivity index is 0.00000196. The molecule has 78 valence electrons. The molecular weight excluding hydrogens is 301 g/mol. The van der Waals surface area contributed by atoms with Crippen LogP contribution in [0.4, 0.5) is 12.9 Å². The maximum absolute atomic E-state index is 12.4. The molecule has 1 aromatic heterocycles. The van der Waals surface area contributed by atoms with Crippen LogP contribution in [0.5, 0.6) is 5.88 Å². The molecule has 1 rings (SSSR count). The van der Waals surface area contributed by atoms with Gasteiger partial charge in [-0.3, -0.25) is 0 Å². The van der Waals surface area contributed by atoms with Gasteiger partial charge in [0.25, 0.3) is 0 Å². The van der Waals surface area contributed by atoms with Crippen LogP contribution in [0.15, 0.2) is 10.7 Å². The van der Waals surface area contributed by atoms with E-state index in [9.17, 15) is 12.9 Å². The van der Waals surface area contributed by atoms with Crippen LogP contribution in [-0.2, 0) is 0 Å². The van der Waals surface area contributed by atoms with Crippen molar-refractivity contribution in [3.05, 3.63) is 16.2 Å². The summed E-state index contributed by atoms with van der Waals surface area (Å²) >= 11 is 3.01. The number of pyridine rings is 1. The van der Waals surface area contributed by atoms with E-state index in [4.69, 9.17) is 4.74 Å². The molecule has 0 radical (unpaired) electrons. The monoisotopic (exact) mass is 307 g/mol. The number of hydrogen-bond donors (Lipinski definition) is 0. The van der Waals surface area contributed by atoms with Gasteiger partial charge in [0.05, 0.1) is 11.6 Å². The maximum atomic E-state index is 12.4. The van der Waals surface area contributed by atoms with Crippen molar-refractivity contribution in [1.29, 1.82) is 0 Å². The van der Waals surface area contributed by atoms with Crippen molar-refractivity contribution >= 4 is 28.4 Å². The number of rotatable bonds is 2. The van der Waals surface area contributed by atoms with Gasteiger partial charge in [0.2, 0.25) is 5.88 Å². The zero-order chi connectivity index (χ0) is 10.9. The van der Waals surface area contributed by atoms with Crippen molar-refractivity contribution < 1.29 is 69.1 Å². The number of methoxy groups -OCH3 is 1. The van der Waals surface area contributed by atoms with Gasteiger partial charge in [-0.1, -0.05) is 11.0 Å². The van der Waals surface area contributed by atoms with E-state index >= 15 is 0 Å². The second kappa shape index (κ2) is 6.02. The number of halogens is 4. The number of nitrogens with zero attached hydrogens (tertiary/aromatic N) is 1. The van der Waals surface area contributed by atoms with Crippen LogP contribution in [-0.4, -0.2) is 19.1 Å². The van der Waals surface area contributed by atoms with E-state index in [-0.39, 0.29) is 67.3 Å². The molecule has 0 unspecified atom stereocenters. The summed E-state index contributed by atoms with van der Waals surface area (Å²) in [7, 11) is 1.35. The number of aromatic nitrogens is 1. The Morgan fingerprint density at radius 1 is 1.40 bits per heavy atom. The molecule has 8 heteroatoms. The zero-order valence-electron chi connectivity index (χ0n) is 8.52. The van der Waals surface area contributed by atoms with Crippen molar-refractivity contribution in [2.75, 3.05) is 7.11 Å². The summed E-state index contributed by atoms with van der Waals surface area (Å²) in [4.78, 5) is 3.55. The van der Waals surface area contributed by atoms with Crippen molar-refractivity contribution in [1.82, 2.24) is 4.98 Å². The van der Waals surface area contributed by atoms with Gasteiger partial charge in [0, 0.05) is 6.20 Å². The van der Waals surface area contributed by atoms with Crippen LogP contribution in [0, 0.1) is 6.92 Å². The molecule has 0 amide bonds. The molecule has 0 saturated carbocycles. The quantitative estimate of drug-likeness (QED) is 0.669. The van der Waals surface area contributed by atoms with Crippen molar-refractivity contribution in [3.8, 4) is 5.88 Å². The van der Waals surface area contributed by atoms with Gasteiger partial charge in [-0.25, -0.2) is 4.98 Å². The van der Waals surface area contributed by atoms with E-state index in [1.165, 1.54) is 14.0 Å². The zero-order valence-corrected chi connectivity index (χ0v) is 13.2. The molecule has 1 aromatic rings. The Kier molecular flexibility index (Phi) is 6.39. The second-order valence-corrected chi connectivity index (χ2v) is 3.53. The predicted molar refractivity (Wildman–Crippen MR) is 51.9 cm³/mol. The van der Waals surface area contributed by atoms with Crippen molar-refractivity contribution in [2.45, 2.75) is 6.92 Å². The summed E-state index contributed by atoms with van der Waals surface area (Å²) in [5.41, 5.74) is -0.595. The Morgan fingerprint density at radius 2 is 1.93 bits per heavy atom. The first-order valence-corrected chi connectivity index (χ1v) is 4.56. The Hall–Kier alpha value is 0.921. The standard InChI is InChI=1S/C7H7BBrF3NO.K/c1-4-5(8(10,11)12)3-13-7(14-2)6(4)9;/h3H,1-2H3;/q-1;+1. The third kappa shape index (κ3) is 3.71. The van der Waals surface area contributed by atoms with Crippen LogP contribution in [0.1, 0.15) is 5.56 Å². The smallest absolute Gasteiger partial charge is 0.480 e. The fraction of sp³-hybridized carbons (Fsp3) is 0.286. The molecular formula is C7H7BBrF3KNO. The Morgan fingerprint density at radius 3 is 2.33 bits per heavy atom. The van der Waals surface area contributed by atoms with Gasteiger partial charge in [0.15, 0.2) is 0 Å². The van der Waals surface area contributed by atoms with Crippen LogP contribution >= 0.6 is 15.9 Å². The van der Waals surface area contributed by atoms with E-state index in [0.29, 0.717) is 0 Å². The molecule has 0 aliphatic heterocycles. The molecule has 1 heterocycles. The van der Waals surface area contributed by atoms with Gasteiger partial charge in [0.1, 0.15) is 0 Å². The summed E-state index contributed by atoms with van der Waals surface area (Å²) in [6.45, 7) is -3.64. The molecule has 0 saturated heterocycles. The molecule has 0 bridgehead atoms. The van der Waals surface area contributed by atoms with Crippen LogP contribution in [0.25, 0.3) is 0 Å². The normalized spacial score (nSPS) is 10.8. The summed E-state index contributed by atoms with van der Waals surface area (Å²) < 4.78 is 42.3. The van der Waals surface area contributed by atoms with E-state index in [0.717, 1.165) is 6.20 Å². The molecule has 0 spiro atoms. The molecule has 0 fully saturated rings. The van der Waals surface area contributed by atoms with Gasteiger partial charge in [-0.15, -0.1) is 0 Å². The minimum atomic E-state index is -5.02. The molecule has 0 aliphatic rings. The average Bonchev–Trinajstić information content (AvgIpc) is 2.07. The molecule has 0 atom stereocenters. The molecule has 2 nitrogen and oxygen atoms in total. The summed E-state index contributed by atoms with van der Waals surface area (Å²) in [6.07, 6.45) is 0.791. The van der Waals surface area contributed by atoms with Crippen molar-refractivity contribution in [3.63, 3.8) is 0 Å². The average molecular weight is 308 g/mol. The fourth-order valence-corrected chi connectivity index (χ4v) is 1.53. The number of hydrogen-bond acceptors (Lipinski definition) is 2. The molecule has 0 N–H and O–H groups in total. The molecule has 15 heavy (non-hydrogen) atoms. The largest absolute Gasteiger partial charge is 1.00 e. The van der Waals surface area contributed by atoms with E-state index in [1.807, 2.05) is 0 Å². The fourth-order valence-electron chi connectivity index (χ4n) is 1.04.